The Labute approximate surface area is 110 Å². The van der Waals surface area contributed by atoms with E-state index in [0.29, 0.717) is 18.3 Å². The van der Waals surface area contributed by atoms with Crippen LogP contribution in [-0.2, 0) is 6.42 Å². The zero-order valence-electron chi connectivity index (χ0n) is 9.81. The number of nitrogens with zero attached hydrogens (tertiary/aromatic N) is 3. The van der Waals surface area contributed by atoms with Gasteiger partial charge in [0.1, 0.15) is 11.6 Å². The maximum atomic E-state index is 5.85. The molecule has 0 spiro atoms. The van der Waals surface area contributed by atoms with E-state index >= 15 is 0 Å². The molecule has 92 valence electrons. The van der Waals surface area contributed by atoms with E-state index in [-0.39, 0.29) is 0 Å². The molecular weight excluding hydrogens is 248 g/mol. The van der Waals surface area contributed by atoms with Gasteiger partial charge in [-0.05, 0) is 30.5 Å². The second kappa shape index (κ2) is 4.53. The molecule has 0 aliphatic heterocycles. The molecule has 0 unspecified atom stereocenters. The van der Waals surface area contributed by atoms with Crippen LogP contribution in [0.2, 0.25) is 5.02 Å². The van der Waals surface area contributed by atoms with E-state index in [4.69, 9.17) is 17.3 Å². The lowest BCUT2D eigenvalue weighted by molar-refractivity contribution is 0.838. The van der Waals surface area contributed by atoms with Gasteiger partial charge < -0.3 is 5.73 Å². The molecule has 1 saturated carbocycles. The Morgan fingerprint density at radius 2 is 1.83 bits per heavy atom. The number of hydrogen-bond acceptors (Lipinski definition) is 4. The van der Waals surface area contributed by atoms with Crippen molar-refractivity contribution in [1.82, 2.24) is 15.0 Å². The summed E-state index contributed by atoms with van der Waals surface area (Å²) in [6.07, 6.45) is 2.97. The Bertz CT molecular complexity index is 564. The van der Waals surface area contributed by atoms with Crippen LogP contribution in [0.25, 0.3) is 0 Å². The van der Waals surface area contributed by atoms with Gasteiger partial charge in [0.05, 0.1) is 0 Å². The number of aromatic nitrogens is 3. The Hall–Kier alpha value is -1.68. The molecular formula is C13H13ClN4. The molecule has 18 heavy (non-hydrogen) atoms. The quantitative estimate of drug-likeness (QED) is 0.921. The Morgan fingerprint density at radius 1 is 1.11 bits per heavy atom. The van der Waals surface area contributed by atoms with Crippen LogP contribution >= 0.6 is 11.6 Å². The zero-order valence-corrected chi connectivity index (χ0v) is 10.6. The molecule has 2 N–H and O–H groups in total. The molecule has 0 atom stereocenters. The first kappa shape index (κ1) is 11.4. The number of nitrogens with two attached hydrogens (primary N) is 1. The maximum absolute atomic E-state index is 5.85. The molecule has 3 rings (SSSR count). The molecule has 1 aromatic heterocycles. The van der Waals surface area contributed by atoms with Crippen molar-refractivity contribution in [3.63, 3.8) is 0 Å². The highest BCUT2D eigenvalue weighted by atomic mass is 35.5. The molecule has 0 saturated heterocycles. The van der Waals surface area contributed by atoms with E-state index in [2.05, 4.69) is 15.0 Å². The topological polar surface area (TPSA) is 64.7 Å². The van der Waals surface area contributed by atoms with E-state index in [1.165, 1.54) is 0 Å². The van der Waals surface area contributed by atoms with Gasteiger partial charge in [0, 0.05) is 17.4 Å². The lowest BCUT2D eigenvalue weighted by atomic mass is 10.1. The van der Waals surface area contributed by atoms with E-state index in [1.807, 2.05) is 24.3 Å². The summed E-state index contributed by atoms with van der Waals surface area (Å²) >= 11 is 5.85. The summed E-state index contributed by atoms with van der Waals surface area (Å²) in [5.74, 6) is 2.37. The molecule has 0 amide bonds. The largest absolute Gasteiger partial charge is 0.368 e. The molecule has 5 heteroatoms. The molecule has 1 aromatic carbocycles. The van der Waals surface area contributed by atoms with Gasteiger partial charge in [0.15, 0.2) is 0 Å². The van der Waals surface area contributed by atoms with E-state index in [9.17, 15) is 0 Å². The highest BCUT2D eigenvalue weighted by molar-refractivity contribution is 6.30. The van der Waals surface area contributed by atoms with Gasteiger partial charge in [-0.15, -0.1) is 0 Å². The normalized spacial score (nSPS) is 14.7. The van der Waals surface area contributed by atoms with Gasteiger partial charge in [-0.1, -0.05) is 23.7 Å². The number of rotatable bonds is 3. The molecule has 1 heterocycles. The molecule has 0 bridgehead atoms. The summed E-state index contributed by atoms with van der Waals surface area (Å²) in [4.78, 5) is 12.8. The highest BCUT2D eigenvalue weighted by Crippen LogP contribution is 2.38. The van der Waals surface area contributed by atoms with Crippen molar-refractivity contribution < 1.29 is 0 Å². The van der Waals surface area contributed by atoms with Crippen LogP contribution in [0.4, 0.5) is 5.95 Å². The van der Waals surface area contributed by atoms with Gasteiger partial charge in [-0.2, -0.15) is 9.97 Å². The fraction of sp³-hybridized carbons (Fsp3) is 0.308. The number of anilines is 1. The third-order valence-corrected chi connectivity index (χ3v) is 3.19. The van der Waals surface area contributed by atoms with Crippen LogP contribution in [0, 0.1) is 0 Å². The third kappa shape index (κ3) is 2.59. The standard InChI is InChI=1S/C13H13ClN4/c14-10-5-1-8(2-6-10)7-11-16-12(9-3-4-9)18-13(15)17-11/h1-2,5-6,9H,3-4,7H2,(H2,15,16,17,18). The van der Waals surface area contributed by atoms with Gasteiger partial charge in [-0.25, -0.2) is 4.98 Å². The number of nitrogen functional groups attached to an aromatic ring is 1. The Balaban J connectivity index is 1.85. The smallest absolute Gasteiger partial charge is 0.223 e. The summed E-state index contributed by atoms with van der Waals surface area (Å²) in [6.45, 7) is 0. The van der Waals surface area contributed by atoms with Crippen molar-refractivity contribution in [2.24, 2.45) is 0 Å². The van der Waals surface area contributed by atoms with Crippen LogP contribution in [0.5, 0.6) is 0 Å². The van der Waals surface area contributed by atoms with Gasteiger partial charge in [-0.3, -0.25) is 0 Å². The Morgan fingerprint density at radius 3 is 2.50 bits per heavy atom. The average molecular weight is 261 g/mol. The molecule has 1 aliphatic carbocycles. The van der Waals surface area contributed by atoms with E-state index < -0.39 is 0 Å². The van der Waals surface area contributed by atoms with E-state index in [1.54, 1.807) is 0 Å². The molecule has 4 nitrogen and oxygen atoms in total. The fourth-order valence-electron chi connectivity index (χ4n) is 1.84. The maximum Gasteiger partial charge on any atom is 0.223 e. The monoisotopic (exact) mass is 260 g/mol. The number of hydrogen-bond donors (Lipinski definition) is 1. The predicted molar refractivity (Wildman–Crippen MR) is 70.5 cm³/mol. The minimum atomic E-state index is 0.316. The fourth-order valence-corrected chi connectivity index (χ4v) is 1.97. The van der Waals surface area contributed by atoms with Crippen molar-refractivity contribution in [2.75, 3.05) is 5.73 Å². The van der Waals surface area contributed by atoms with Crippen molar-refractivity contribution in [1.29, 1.82) is 0 Å². The molecule has 2 aromatic rings. The van der Waals surface area contributed by atoms with Gasteiger partial charge in [0.25, 0.3) is 0 Å². The van der Waals surface area contributed by atoms with Crippen LogP contribution < -0.4 is 5.73 Å². The summed E-state index contributed by atoms with van der Waals surface area (Å²) < 4.78 is 0. The second-order valence-electron chi connectivity index (χ2n) is 4.55. The minimum absolute atomic E-state index is 0.316. The van der Waals surface area contributed by atoms with Gasteiger partial charge >= 0.3 is 0 Å². The lowest BCUT2D eigenvalue weighted by Gasteiger charge is -2.04. The summed E-state index contributed by atoms with van der Waals surface area (Å²) in [7, 11) is 0. The SMILES string of the molecule is Nc1nc(Cc2ccc(Cl)cc2)nc(C2CC2)n1. The lowest BCUT2D eigenvalue weighted by Crippen LogP contribution is -2.07. The van der Waals surface area contributed by atoms with Gasteiger partial charge in [0.2, 0.25) is 5.95 Å². The summed E-state index contributed by atoms with van der Waals surface area (Å²) in [5, 5.41) is 0.729. The van der Waals surface area contributed by atoms with Crippen molar-refractivity contribution in [3.8, 4) is 0 Å². The van der Waals surface area contributed by atoms with Crippen LogP contribution in [0.1, 0.15) is 36.0 Å². The van der Waals surface area contributed by atoms with E-state index in [0.717, 1.165) is 35.1 Å². The Kier molecular flexibility index (Phi) is 2.88. The average Bonchev–Trinajstić information content (AvgIpc) is 3.15. The molecule has 0 radical (unpaired) electrons. The van der Waals surface area contributed by atoms with Crippen LogP contribution in [0.3, 0.4) is 0 Å². The number of halogens is 1. The molecule has 1 fully saturated rings. The predicted octanol–water partition coefficient (Wildman–Crippen LogP) is 2.58. The van der Waals surface area contributed by atoms with Crippen molar-refractivity contribution in [2.45, 2.75) is 25.2 Å². The minimum Gasteiger partial charge on any atom is -0.368 e. The first-order valence-electron chi connectivity index (χ1n) is 5.95. The first-order valence-corrected chi connectivity index (χ1v) is 6.33. The third-order valence-electron chi connectivity index (χ3n) is 2.93. The highest BCUT2D eigenvalue weighted by Gasteiger charge is 2.27. The van der Waals surface area contributed by atoms with Crippen LogP contribution in [0.15, 0.2) is 24.3 Å². The summed E-state index contributed by atoms with van der Waals surface area (Å²) in [5.41, 5.74) is 6.84. The zero-order chi connectivity index (χ0) is 12.5. The first-order chi connectivity index (χ1) is 8.70. The van der Waals surface area contributed by atoms with Crippen LogP contribution in [-0.4, -0.2) is 15.0 Å². The summed E-state index contributed by atoms with van der Waals surface area (Å²) in [6, 6.07) is 7.67. The second-order valence-corrected chi connectivity index (χ2v) is 4.98. The van der Waals surface area contributed by atoms with Crippen molar-refractivity contribution in [3.05, 3.63) is 46.5 Å². The van der Waals surface area contributed by atoms with Crippen molar-refractivity contribution >= 4 is 17.5 Å². The molecule has 1 aliphatic rings. The number of benzene rings is 1.